The predicted octanol–water partition coefficient (Wildman–Crippen LogP) is 1.29. The molecule has 2 fully saturated rings. The summed E-state index contributed by atoms with van der Waals surface area (Å²) in [5.41, 5.74) is 0. The van der Waals surface area contributed by atoms with Gasteiger partial charge < -0.3 is 10.2 Å². The number of rotatable bonds is 3. The van der Waals surface area contributed by atoms with Crippen molar-refractivity contribution in [3.05, 3.63) is 0 Å². The lowest BCUT2D eigenvalue weighted by molar-refractivity contribution is -0.133. The summed E-state index contributed by atoms with van der Waals surface area (Å²) in [6.45, 7) is 3.40. The van der Waals surface area contributed by atoms with Gasteiger partial charge in [-0.1, -0.05) is 15.9 Å². The van der Waals surface area contributed by atoms with Crippen LogP contribution in [0.25, 0.3) is 0 Å². The van der Waals surface area contributed by atoms with Crippen molar-refractivity contribution in [1.29, 1.82) is 0 Å². The van der Waals surface area contributed by atoms with Gasteiger partial charge in [-0.25, -0.2) is 0 Å². The van der Waals surface area contributed by atoms with Crippen molar-refractivity contribution in [2.75, 3.05) is 13.1 Å². The van der Waals surface area contributed by atoms with Crippen molar-refractivity contribution < 1.29 is 9.59 Å². The number of alkyl halides is 1. The van der Waals surface area contributed by atoms with Crippen LogP contribution in [-0.2, 0) is 9.59 Å². The maximum atomic E-state index is 11.8. The number of amides is 2. The van der Waals surface area contributed by atoms with Gasteiger partial charge in [-0.2, -0.15) is 0 Å². The Kier molecular flexibility index (Phi) is 4.07. The molecule has 0 radical (unpaired) electrons. The van der Waals surface area contributed by atoms with E-state index in [0.717, 1.165) is 38.8 Å². The molecule has 0 aromatic rings. The summed E-state index contributed by atoms with van der Waals surface area (Å²) in [5, 5.41) is 3.00. The molecule has 4 nitrogen and oxygen atoms in total. The molecule has 1 atom stereocenters. The Labute approximate surface area is 110 Å². The van der Waals surface area contributed by atoms with Crippen LogP contribution in [0.15, 0.2) is 0 Å². The molecule has 2 rings (SSSR count). The highest BCUT2D eigenvalue weighted by molar-refractivity contribution is 9.10. The van der Waals surface area contributed by atoms with Crippen LogP contribution in [0.4, 0.5) is 0 Å². The average molecular weight is 303 g/mol. The van der Waals surface area contributed by atoms with Gasteiger partial charge in [0.2, 0.25) is 11.8 Å². The monoisotopic (exact) mass is 302 g/mol. The number of hydrogen-bond donors (Lipinski definition) is 1. The summed E-state index contributed by atoms with van der Waals surface area (Å²) in [4.78, 5) is 25.1. The van der Waals surface area contributed by atoms with E-state index >= 15 is 0 Å². The largest absolute Gasteiger partial charge is 0.352 e. The van der Waals surface area contributed by atoms with E-state index in [1.165, 1.54) is 0 Å². The van der Waals surface area contributed by atoms with Crippen molar-refractivity contribution in [2.24, 2.45) is 5.92 Å². The summed E-state index contributed by atoms with van der Waals surface area (Å²) >= 11 is 3.25. The predicted molar refractivity (Wildman–Crippen MR) is 68.9 cm³/mol. The van der Waals surface area contributed by atoms with E-state index in [4.69, 9.17) is 0 Å². The SMILES string of the molecule is CC(Br)C(=O)NC1CCN(C(=O)C2CC2)CC1. The Balaban J connectivity index is 1.74. The standard InChI is InChI=1S/C12H19BrN2O2/c1-8(13)11(16)14-10-4-6-15(7-5-10)12(17)9-2-3-9/h8-10H,2-7H2,1H3,(H,14,16). The molecular weight excluding hydrogens is 284 g/mol. The zero-order valence-electron chi connectivity index (χ0n) is 10.1. The van der Waals surface area contributed by atoms with E-state index in [0.29, 0.717) is 11.8 Å². The van der Waals surface area contributed by atoms with Gasteiger partial charge in [0.25, 0.3) is 0 Å². The second-order valence-corrected chi connectivity index (χ2v) is 6.37. The summed E-state index contributed by atoms with van der Waals surface area (Å²) in [7, 11) is 0. The quantitative estimate of drug-likeness (QED) is 0.799. The van der Waals surface area contributed by atoms with Gasteiger partial charge in [0.1, 0.15) is 0 Å². The first-order valence-electron chi connectivity index (χ1n) is 6.31. The van der Waals surface area contributed by atoms with Crippen LogP contribution in [0.2, 0.25) is 0 Å². The zero-order chi connectivity index (χ0) is 12.4. The zero-order valence-corrected chi connectivity index (χ0v) is 11.7. The first kappa shape index (κ1) is 12.9. The van der Waals surface area contributed by atoms with Crippen molar-refractivity contribution in [3.8, 4) is 0 Å². The fourth-order valence-corrected chi connectivity index (χ4v) is 2.28. The van der Waals surface area contributed by atoms with Gasteiger partial charge in [0, 0.05) is 25.0 Å². The highest BCUT2D eigenvalue weighted by Gasteiger charge is 2.35. The normalized spacial score (nSPS) is 23.3. The first-order valence-corrected chi connectivity index (χ1v) is 7.22. The Morgan fingerprint density at radius 1 is 1.24 bits per heavy atom. The van der Waals surface area contributed by atoms with E-state index < -0.39 is 0 Å². The Hall–Kier alpha value is -0.580. The molecule has 2 amide bonds. The van der Waals surface area contributed by atoms with Gasteiger partial charge in [0.05, 0.1) is 4.83 Å². The number of likely N-dealkylation sites (tertiary alicyclic amines) is 1. The van der Waals surface area contributed by atoms with Crippen LogP contribution in [0, 0.1) is 5.92 Å². The molecule has 1 aliphatic carbocycles. The Morgan fingerprint density at radius 2 is 1.82 bits per heavy atom. The molecule has 1 heterocycles. The summed E-state index contributed by atoms with van der Waals surface area (Å²) in [6, 6.07) is 0.228. The molecule has 0 bridgehead atoms. The number of nitrogens with zero attached hydrogens (tertiary/aromatic N) is 1. The Bertz CT molecular complexity index is 308. The van der Waals surface area contributed by atoms with Gasteiger partial charge >= 0.3 is 0 Å². The summed E-state index contributed by atoms with van der Waals surface area (Å²) in [6.07, 6.45) is 3.89. The minimum Gasteiger partial charge on any atom is -0.352 e. The number of carbonyl (C=O) groups is 2. The van der Waals surface area contributed by atoms with Crippen LogP contribution in [-0.4, -0.2) is 40.7 Å². The average Bonchev–Trinajstić information content (AvgIpc) is 3.13. The molecule has 17 heavy (non-hydrogen) atoms. The van der Waals surface area contributed by atoms with Crippen LogP contribution in [0.5, 0.6) is 0 Å². The minimum absolute atomic E-state index is 0.0389. The number of carbonyl (C=O) groups excluding carboxylic acids is 2. The highest BCUT2D eigenvalue weighted by Crippen LogP contribution is 2.31. The van der Waals surface area contributed by atoms with Crippen molar-refractivity contribution >= 4 is 27.7 Å². The van der Waals surface area contributed by atoms with Gasteiger partial charge in [0.15, 0.2) is 0 Å². The molecular formula is C12H19BrN2O2. The molecule has 1 aliphatic heterocycles. The molecule has 5 heteroatoms. The molecule has 96 valence electrons. The molecule has 0 spiro atoms. The lowest BCUT2D eigenvalue weighted by Crippen LogP contribution is -2.48. The van der Waals surface area contributed by atoms with E-state index in [2.05, 4.69) is 21.2 Å². The number of halogens is 1. The van der Waals surface area contributed by atoms with Crippen LogP contribution in [0.1, 0.15) is 32.6 Å². The third kappa shape index (κ3) is 3.44. The second kappa shape index (κ2) is 5.38. The van der Waals surface area contributed by atoms with Crippen LogP contribution in [0.3, 0.4) is 0 Å². The number of piperidine rings is 1. The first-order chi connectivity index (χ1) is 8.08. The smallest absolute Gasteiger partial charge is 0.233 e. The summed E-state index contributed by atoms with van der Waals surface area (Å²) in [5.74, 6) is 0.671. The van der Waals surface area contributed by atoms with Crippen LogP contribution < -0.4 is 5.32 Å². The van der Waals surface area contributed by atoms with Crippen molar-refractivity contribution in [1.82, 2.24) is 10.2 Å². The maximum absolute atomic E-state index is 11.8. The van der Waals surface area contributed by atoms with Crippen LogP contribution >= 0.6 is 15.9 Å². The van der Waals surface area contributed by atoms with Gasteiger partial charge in [-0.15, -0.1) is 0 Å². The molecule has 1 saturated heterocycles. The lowest BCUT2D eigenvalue weighted by Gasteiger charge is -2.32. The third-order valence-corrected chi connectivity index (χ3v) is 3.86. The number of hydrogen-bond acceptors (Lipinski definition) is 2. The third-order valence-electron chi connectivity index (χ3n) is 3.44. The fraction of sp³-hybridized carbons (Fsp3) is 0.833. The second-order valence-electron chi connectivity index (χ2n) is 5.00. The Morgan fingerprint density at radius 3 is 2.29 bits per heavy atom. The molecule has 1 N–H and O–H groups in total. The fourth-order valence-electron chi connectivity index (χ4n) is 2.15. The molecule has 0 aromatic carbocycles. The molecule has 1 unspecified atom stereocenters. The van der Waals surface area contributed by atoms with Crippen molar-refractivity contribution in [3.63, 3.8) is 0 Å². The maximum Gasteiger partial charge on any atom is 0.233 e. The van der Waals surface area contributed by atoms with E-state index in [1.807, 2.05) is 11.8 Å². The minimum atomic E-state index is -0.145. The number of nitrogens with one attached hydrogen (secondary N) is 1. The lowest BCUT2D eigenvalue weighted by atomic mass is 10.0. The highest BCUT2D eigenvalue weighted by atomic mass is 79.9. The molecule has 1 saturated carbocycles. The van der Waals surface area contributed by atoms with E-state index in [1.54, 1.807) is 0 Å². The van der Waals surface area contributed by atoms with E-state index in [9.17, 15) is 9.59 Å². The van der Waals surface area contributed by atoms with Crippen molar-refractivity contribution in [2.45, 2.75) is 43.5 Å². The molecule has 2 aliphatic rings. The van der Waals surface area contributed by atoms with Gasteiger partial charge in [-0.05, 0) is 32.6 Å². The summed E-state index contributed by atoms with van der Waals surface area (Å²) < 4.78 is 0. The topological polar surface area (TPSA) is 49.4 Å². The molecule has 0 aromatic heterocycles. The van der Waals surface area contributed by atoms with Gasteiger partial charge in [-0.3, -0.25) is 9.59 Å². The van der Waals surface area contributed by atoms with E-state index in [-0.39, 0.29) is 16.8 Å².